The summed E-state index contributed by atoms with van der Waals surface area (Å²) in [7, 11) is 0. The zero-order valence-electron chi connectivity index (χ0n) is 17.4. The van der Waals surface area contributed by atoms with Crippen LogP contribution in [0.4, 0.5) is 0 Å². The molecule has 6 heteroatoms. The number of rotatable bonds is 10. The molecule has 0 saturated heterocycles. The molecular formula is C22H32N4O2. The van der Waals surface area contributed by atoms with Crippen molar-refractivity contribution in [1.29, 1.82) is 0 Å². The van der Waals surface area contributed by atoms with Gasteiger partial charge in [0.1, 0.15) is 12.4 Å². The summed E-state index contributed by atoms with van der Waals surface area (Å²) >= 11 is 0. The lowest BCUT2D eigenvalue weighted by atomic mass is 10.1. The summed E-state index contributed by atoms with van der Waals surface area (Å²) in [6.07, 6.45) is 1.81. The van der Waals surface area contributed by atoms with E-state index in [9.17, 15) is 0 Å². The minimum absolute atomic E-state index is 0.529. The summed E-state index contributed by atoms with van der Waals surface area (Å²) < 4.78 is 11.3. The number of aromatic nitrogens is 1. The first kappa shape index (κ1) is 21.7. The summed E-state index contributed by atoms with van der Waals surface area (Å²) in [6.45, 7) is 11.9. The van der Waals surface area contributed by atoms with Crippen LogP contribution in [-0.2, 0) is 17.8 Å². The number of nitrogens with zero attached hydrogens (tertiary/aromatic N) is 2. The molecule has 0 saturated carbocycles. The van der Waals surface area contributed by atoms with Crippen LogP contribution in [0, 0.1) is 13.8 Å². The van der Waals surface area contributed by atoms with Crippen molar-refractivity contribution in [3.63, 3.8) is 0 Å². The molecule has 1 heterocycles. The van der Waals surface area contributed by atoms with E-state index in [4.69, 9.17) is 14.5 Å². The summed E-state index contributed by atoms with van der Waals surface area (Å²) in [5, 5.41) is 6.64. The Bertz CT molecular complexity index is 762. The van der Waals surface area contributed by atoms with Crippen LogP contribution in [-0.4, -0.2) is 37.3 Å². The van der Waals surface area contributed by atoms with E-state index in [0.29, 0.717) is 32.9 Å². The van der Waals surface area contributed by atoms with Gasteiger partial charge in [-0.3, -0.25) is 4.98 Å². The number of hydrogen-bond donors (Lipinski definition) is 2. The minimum Gasteiger partial charge on any atom is -0.491 e. The molecule has 152 valence electrons. The van der Waals surface area contributed by atoms with E-state index in [1.807, 2.05) is 25.3 Å². The Morgan fingerprint density at radius 3 is 2.71 bits per heavy atom. The van der Waals surface area contributed by atoms with Gasteiger partial charge in [-0.15, -0.1) is 0 Å². The predicted molar refractivity (Wildman–Crippen MR) is 114 cm³/mol. The highest BCUT2D eigenvalue weighted by Gasteiger charge is 2.06. The summed E-state index contributed by atoms with van der Waals surface area (Å²) in [5.41, 5.74) is 4.39. The highest BCUT2D eigenvalue weighted by Crippen LogP contribution is 2.21. The zero-order valence-corrected chi connectivity index (χ0v) is 17.4. The number of nitrogens with one attached hydrogen (secondary N) is 2. The van der Waals surface area contributed by atoms with Gasteiger partial charge in [0.05, 0.1) is 25.4 Å². The molecule has 2 aromatic rings. The van der Waals surface area contributed by atoms with Crippen molar-refractivity contribution in [2.24, 2.45) is 4.99 Å². The quantitative estimate of drug-likeness (QED) is 0.373. The van der Waals surface area contributed by atoms with Crippen LogP contribution in [0.3, 0.4) is 0 Å². The Morgan fingerprint density at radius 1 is 1.11 bits per heavy atom. The molecular weight excluding hydrogens is 352 g/mol. The maximum atomic E-state index is 5.91. The lowest BCUT2D eigenvalue weighted by molar-refractivity contribution is 0.110. The van der Waals surface area contributed by atoms with Crippen LogP contribution in [0.2, 0.25) is 0 Å². The fourth-order valence-corrected chi connectivity index (χ4v) is 2.66. The van der Waals surface area contributed by atoms with E-state index < -0.39 is 0 Å². The molecule has 28 heavy (non-hydrogen) atoms. The van der Waals surface area contributed by atoms with Gasteiger partial charge in [0.25, 0.3) is 0 Å². The molecule has 0 amide bonds. The van der Waals surface area contributed by atoms with Crippen LogP contribution >= 0.6 is 0 Å². The molecule has 0 aliphatic heterocycles. The predicted octanol–water partition coefficient (Wildman–Crippen LogP) is 3.37. The molecule has 0 spiro atoms. The molecule has 1 aromatic heterocycles. The number of pyridine rings is 1. The highest BCUT2D eigenvalue weighted by atomic mass is 16.5. The van der Waals surface area contributed by atoms with Gasteiger partial charge in [0, 0.05) is 24.9 Å². The van der Waals surface area contributed by atoms with E-state index >= 15 is 0 Å². The second-order valence-electron chi connectivity index (χ2n) is 6.47. The van der Waals surface area contributed by atoms with E-state index in [1.54, 1.807) is 0 Å². The lowest BCUT2D eigenvalue weighted by Gasteiger charge is -2.14. The van der Waals surface area contributed by atoms with Crippen molar-refractivity contribution < 1.29 is 9.47 Å². The first-order valence-electron chi connectivity index (χ1n) is 9.86. The number of hydrogen-bond acceptors (Lipinski definition) is 4. The van der Waals surface area contributed by atoms with Crippen molar-refractivity contribution in [3.05, 3.63) is 58.9 Å². The normalized spacial score (nSPS) is 11.4. The van der Waals surface area contributed by atoms with Gasteiger partial charge in [0.15, 0.2) is 5.96 Å². The molecule has 0 fully saturated rings. The van der Waals surface area contributed by atoms with Gasteiger partial charge in [-0.05, 0) is 51.0 Å². The lowest BCUT2D eigenvalue weighted by Crippen LogP contribution is -2.37. The Labute approximate surface area is 168 Å². The second kappa shape index (κ2) is 12.0. The van der Waals surface area contributed by atoms with E-state index in [-0.39, 0.29) is 0 Å². The van der Waals surface area contributed by atoms with E-state index in [1.165, 1.54) is 0 Å². The fraction of sp³-hybridized carbons (Fsp3) is 0.455. The average molecular weight is 385 g/mol. The molecule has 0 unspecified atom stereocenters. The minimum atomic E-state index is 0.529. The third kappa shape index (κ3) is 7.19. The number of ether oxygens (including phenoxy) is 2. The van der Waals surface area contributed by atoms with E-state index in [2.05, 4.69) is 54.6 Å². The second-order valence-corrected chi connectivity index (χ2v) is 6.47. The summed E-state index contributed by atoms with van der Waals surface area (Å²) in [5.74, 6) is 1.62. The van der Waals surface area contributed by atoms with Gasteiger partial charge in [-0.1, -0.05) is 18.2 Å². The Hall–Kier alpha value is -2.60. The molecule has 2 rings (SSSR count). The Balaban J connectivity index is 2.03. The molecule has 2 N–H and O–H groups in total. The van der Waals surface area contributed by atoms with Gasteiger partial charge in [-0.2, -0.15) is 0 Å². The summed E-state index contributed by atoms with van der Waals surface area (Å²) in [6, 6.07) is 10.2. The van der Waals surface area contributed by atoms with Gasteiger partial charge in [0.2, 0.25) is 0 Å². The number of benzene rings is 1. The van der Waals surface area contributed by atoms with Crippen molar-refractivity contribution in [3.8, 4) is 5.75 Å². The van der Waals surface area contributed by atoms with Crippen molar-refractivity contribution in [1.82, 2.24) is 15.6 Å². The highest BCUT2D eigenvalue weighted by molar-refractivity contribution is 5.79. The van der Waals surface area contributed by atoms with Gasteiger partial charge >= 0.3 is 0 Å². The van der Waals surface area contributed by atoms with Crippen molar-refractivity contribution in [2.45, 2.75) is 40.8 Å². The standard InChI is InChI=1S/C22H32N4O2/c1-5-23-22(26-16-20-18(4)8-7-11-24-20)25-15-19-10-9-17(3)14-21(19)28-13-12-27-6-2/h7-11,14H,5-6,12-13,15-16H2,1-4H3,(H2,23,25,26). The topological polar surface area (TPSA) is 67.8 Å². The molecule has 6 nitrogen and oxygen atoms in total. The fourth-order valence-electron chi connectivity index (χ4n) is 2.66. The number of aliphatic imine (C=N–C) groups is 1. The maximum absolute atomic E-state index is 5.91. The molecule has 0 aliphatic rings. The molecule has 0 aliphatic carbocycles. The monoisotopic (exact) mass is 384 g/mol. The average Bonchev–Trinajstić information content (AvgIpc) is 2.69. The first-order valence-corrected chi connectivity index (χ1v) is 9.86. The zero-order chi connectivity index (χ0) is 20.2. The van der Waals surface area contributed by atoms with Gasteiger partial charge in [-0.25, -0.2) is 4.99 Å². The molecule has 0 atom stereocenters. The van der Waals surface area contributed by atoms with Crippen LogP contribution < -0.4 is 15.4 Å². The van der Waals surface area contributed by atoms with Crippen LogP contribution in [0.1, 0.15) is 36.2 Å². The van der Waals surface area contributed by atoms with Gasteiger partial charge < -0.3 is 20.1 Å². The van der Waals surface area contributed by atoms with Crippen molar-refractivity contribution in [2.75, 3.05) is 26.4 Å². The smallest absolute Gasteiger partial charge is 0.191 e. The first-order chi connectivity index (χ1) is 13.6. The third-order valence-electron chi connectivity index (χ3n) is 4.20. The Kier molecular flexibility index (Phi) is 9.28. The third-order valence-corrected chi connectivity index (χ3v) is 4.20. The van der Waals surface area contributed by atoms with Crippen LogP contribution in [0.5, 0.6) is 5.75 Å². The largest absolute Gasteiger partial charge is 0.491 e. The molecule has 0 radical (unpaired) electrons. The van der Waals surface area contributed by atoms with E-state index in [0.717, 1.165) is 40.6 Å². The molecule has 0 bridgehead atoms. The number of aryl methyl sites for hydroxylation is 2. The van der Waals surface area contributed by atoms with Crippen molar-refractivity contribution >= 4 is 5.96 Å². The Morgan fingerprint density at radius 2 is 1.96 bits per heavy atom. The van der Waals surface area contributed by atoms with Crippen LogP contribution in [0.25, 0.3) is 0 Å². The SMILES string of the molecule is CCNC(=NCc1ccc(C)cc1OCCOCC)NCc1ncccc1C. The maximum Gasteiger partial charge on any atom is 0.191 e. The van der Waals surface area contributed by atoms with Crippen LogP contribution in [0.15, 0.2) is 41.5 Å². The summed E-state index contributed by atoms with van der Waals surface area (Å²) in [4.78, 5) is 9.14. The number of guanidine groups is 1. The molecule has 1 aromatic carbocycles.